The molecule has 188 valence electrons. The highest BCUT2D eigenvalue weighted by atomic mass is 35.5. The molecule has 0 radical (unpaired) electrons. The van der Waals surface area contributed by atoms with Crippen molar-refractivity contribution in [3.63, 3.8) is 0 Å². The van der Waals surface area contributed by atoms with E-state index in [1.54, 1.807) is 18.2 Å². The molecule has 1 aromatic carbocycles. The van der Waals surface area contributed by atoms with Crippen LogP contribution in [0.4, 0.5) is 0 Å². The minimum atomic E-state index is -2.45. The molecule has 0 saturated carbocycles. The van der Waals surface area contributed by atoms with Gasteiger partial charge in [0, 0.05) is 11.1 Å². The smallest absolute Gasteiger partial charge is 0.408 e. The van der Waals surface area contributed by atoms with Crippen LogP contribution in [0, 0.1) is 0 Å². The molecule has 11 nitrogen and oxygen atoms in total. The molecule has 1 aromatic heterocycles. The van der Waals surface area contributed by atoms with Gasteiger partial charge in [0.25, 0.3) is 0 Å². The van der Waals surface area contributed by atoms with Crippen LogP contribution in [0.15, 0.2) is 27.4 Å². The molecule has 2 rings (SSSR count). The maximum absolute atomic E-state index is 11.9. The highest BCUT2D eigenvalue weighted by molar-refractivity contribution is 8.67. The van der Waals surface area contributed by atoms with Gasteiger partial charge in [-0.2, -0.15) is 0 Å². The largest absolute Gasteiger partial charge is 0.420 e. The van der Waals surface area contributed by atoms with Gasteiger partial charge >= 0.3 is 5.76 Å². The first-order valence-corrected chi connectivity index (χ1v) is 14.2. The second-order valence-electron chi connectivity index (χ2n) is 6.31. The lowest BCUT2D eigenvalue weighted by molar-refractivity contribution is -0.136. The minimum absolute atomic E-state index is 0.0258. The summed E-state index contributed by atoms with van der Waals surface area (Å²) in [6.07, 6.45) is -6.84. The molecule has 1 heterocycles. The van der Waals surface area contributed by atoms with E-state index < -0.39 is 42.5 Å². The first-order chi connectivity index (χ1) is 15.5. The Bertz CT molecular complexity index is 977. The van der Waals surface area contributed by atoms with Crippen LogP contribution in [-0.2, 0) is 31.5 Å². The summed E-state index contributed by atoms with van der Waals surface area (Å²) in [4.78, 5) is 21.8. The predicted molar refractivity (Wildman–Crippen MR) is 128 cm³/mol. The number of oxazole rings is 1. The van der Waals surface area contributed by atoms with Crippen LogP contribution in [0.2, 0.25) is 5.02 Å². The summed E-state index contributed by atoms with van der Waals surface area (Å²) in [6, 6.07) is 5.07. The van der Waals surface area contributed by atoms with Crippen molar-refractivity contribution in [3.8, 4) is 0 Å². The number of benzene rings is 1. The molecule has 0 saturated heterocycles. The van der Waals surface area contributed by atoms with E-state index in [4.69, 9.17) is 62.4 Å². The molecule has 4 atom stereocenters. The maximum Gasteiger partial charge on any atom is 0.420 e. The number of rotatable bonds is 12. The van der Waals surface area contributed by atoms with Crippen LogP contribution in [0.5, 0.6) is 0 Å². The van der Waals surface area contributed by atoms with E-state index in [-0.39, 0.29) is 6.29 Å². The van der Waals surface area contributed by atoms with Crippen molar-refractivity contribution in [1.29, 1.82) is 0 Å². The number of hydrogen-bond acceptors (Lipinski definition) is 12. The summed E-state index contributed by atoms with van der Waals surface area (Å²) in [7, 11) is 0. The molecule has 0 bridgehead atoms. The third kappa shape index (κ3) is 9.04. The number of hydrogen-bond donors (Lipinski definition) is 5. The Labute approximate surface area is 203 Å². The van der Waals surface area contributed by atoms with Gasteiger partial charge < -0.3 is 43.8 Å². The fourth-order valence-electron chi connectivity index (χ4n) is 2.34. The molecule has 0 aliphatic rings. The highest BCUT2D eigenvalue weighted by Crippen LogP contribution is 2.61. The van der Waals surface area contributed by atoms with Gasteiger partial charge in [-0.15, -0.1) is 0 Å². The van der Waals surface area contributed by atoms with E-state index in [9.17, 15) is 9.59 Å². The number of halogens is 1. The molecular formula is C18H27ClNO10PS2. The Morgan fingerprint density at radius 1 is 1.21 bits per heavy atom. The predicted octanol–water partition coefficient (Wildman–Crippen LogP) is 0.857. The van der Waals surface area contributed by atoms with Gasteiger partial charge in [-0.3, -0.25) is 4.57 Å². The number of aromatic nitrogens is 1. The van der Waals surface area contributed by atoms with Crippen molar-refractivity contribution in [2.24, 2.45) is 0 Å². The number of carbonyl (C=O) groups excluding carboxylic acids is 1. The molecule has 2 aromatic rings. The van der Waals surface area contributed by atoms with E-state index >= 15 is 0 Å². The van der Waals surface area contributed by atoms with Crippen LogP contribution in [0.3, 0.4) is 0 Å². The van der Waals surface area contributed by atoms with Crippen LogP contribution in [0.1, 0.15) is 13.8 Å². The Morgan fingerprint density at radius 2 is 1.82 bits per heavy atom. The summed E-state index contributed by atoms with van der Waals surface area (Å²) in [5.74, 6) is -0.139. The highest BCUT2D eigenvalue weighted by Gasteiger charge is 2.29. The van der Waals surface area contributed by atoms with Gasteiger partial charge in [0.15, 0.2) is 11.9 Å². The first-order valence-electron chi connectivity index (χ1n) is 9.64. The number of aldehydes is 1. The van der Waals surface area contributed by atoms with Crippen LogP contribution >= 0.6 is 28.7 Å². The Hall–Kier alpha value is -0.830. The summed E-state index contributed by atoms with van der Waals surface area (Å²) in [6.45, 7) is 3.91. The SMILES string of the molecule is CCOP(=S)(OCC)SCn1c(=O)oc2cc(Cl)ccc21.O=C[C@H](O)[C@@H](O)[C@H](O)[C@H](O)CO. The topological polar surface area (TPSA) is 172 Å². The second-order valence-corrected chi connectivity index (χ2v) is 13.0. The molecular weight excluding hydrogens is 521 g/mol. The van der Waals surface area contributed by atoms with Gasteiger partial charge in [0.05, 0.1) is 31.2 Å². The zero-order valence-electron chi connectivity index (χ0n) is 17.8. The molecule has 0 aliphatic heterocycles. The van der Waals surface area contributed by atoms with Crippen molar-refractivity contribution in [2.75, 3.05) is 19.8 Å². The van der Waals surface area contributed by atoms with Crippen molar-refractivity contribution in [3.05, 3.63) is 33.8 Å². The van der Waals surface area contributed by atoms with E-state index in [1.165, 1.54) is 15.9 Å². The summed E-state index contributed by atoms with van der Waals surface area (Å²) in [5.41, 5.74) is -1.32. The lowest BCUT2D eigenvalue weighted by atomic mass is 10.0. The first kappa shape index (κ1) is 30.2. The Kier molecular flexibility index (Phi) is 13.3. The van der Waals surface area contributed by atoms with Gasteiger partial charge in [-0.1, -0.05) is 11.6 Å². The molecule has 0 unspecified atom stereocenters. The number of fused-ring (bicyclic) bond motifs is 1. The van der Waals surface area contributed by atoms with Crippen molar-refractivity contribution in [2.45, 2.75) is 44.1 Å². The standard InChI is InChI=1S/C12H15ClNO4PS2.C6H12O6/c1-3-16-19(20,17-4-2)21-8-14-10-6-5-9(13)7-11(10)18-12(14)15;7-1-3(9)5(11)6(12)4(10)2-8/h5-7H,3-4,8H2,1-2H3;1,3-6,8-12H,2H2/t;3-,4+,5+,6+/m.0/s1. The number of aliphatic hydroxyl groups excluding tert-OH is 5. The van der Waals surface area contributed by atoms with Crippen LogP contribution in [-0.4, -0.2) is 80.6 Å². The van der Waals surface area contributed by atoms with E-state index in [1.807, 2.05) is 13.8 Å². The summed E-state index contributed by atoms with van der Waals surface area (Å²) < 4.78 is 17.7. The van der Waals surface area contributed by atoms with E-state index in [0.29, 0.717) is 35.2 Å². The number of carbonyl (C=O) groups is 1. The zero-order valence-corrected chi connectivity index (χ0v) is 21.1. The quantitative estimate of drug-likeness (QED) is 0.188. The third-order valence-electron chi connectivity index (χ3n) is 3.97. The van der Waals surface area contributed by atoms with Crippen molar-refractivity contribution < 1.29 is 43.8 Å². The molecule has 0 fully saturated rings. The molecule has 5 N–H and O–H groups in total. The Morgan fingerprint density at radius 3 is 2.33 bits per heavy atom. The van der Waals surface area contributed by atoms with Crippen LogP contribution < -0.4 is 5.76 Å². The lowest BCUT2D eigenvalue weighted by Crippen LogP contribution is -2.46. The van der Waals surface area contributed by atoms with Crippen LogP contribution in [0.25, 0.3) is 11.1 Å². The average Bonchev–Trinajstić information content (AvgIpc) is 3.10. The summed E-state index contributed by atoms with van der Waals surface area (Å²) in [5, 5.41) is 44.1. The van der Waals surface area contributed by atoms with E-state index in [2.05, 4.69) is 0 Å². The molecule has 33 heavy (non-hydrogen) atoms. The van der Waals surface area contributed by atoms with Gasteiger partial charge in [0.1, 0.15) is 24.4 Å². The van der Waals surface area contributed by atoms with Gasteiger partial charge in [-0.25, -0.2) is 4.79 Å². The maximum atomic E-state index is 11.9. The van der Waals surface area contributed by atoms with Crippen molar-refractivity contribution in [1.82, 2.24) is 4.57 Å². The normalized spacial score (nSPS) is 15.4. The fraction of sp³-hybridized carbons (Fsp3) is 0.556. The summed E-state index contributed by atoms with van der Waals surface area (Å²) >= 11 is 12.6. The minimum Gasteiger partial charge on any atom is -0.408 e. The van der Waals surface area contributed by atoms with E-state index in [0.717, 1.165) is 0 Å². The number of nitrogens with zero attached hydrogens (tertiary/aromatic N) is 1. The monoisotopic (exact) mass is 547 g/mol. The molecule has 0 amide bonds. The fourth-order valence-corrected chi connectivity index (χ4v) is 6.76. The van der Waals surface area contributed by atoms with Crippen molar-refractivity contribution >= 4 is 57.9 Å². The zero-order chi connectivity index (χ0) is 25.2. The third-order valence-corrected chi connectivity index (χ3v) is 9.55. The second kappa shape index (κ2) is 14.5. The Balaban J connectivity index is 0.000000389. The van der Waals surface area contributed by atoms with Gasteiger partial charge in [-0.05, 0) is 49.2 Å². The molecule has 0 spiro atoms. The number of aliphatic hydroxyl groups is 5. The molecule has 15 heteroatoms. The van der Waals surface area contributed by atoms with Gasteiger partial charge in [0.2, 0.25) is 5.69 Å². The lowest BCUT2D eigenvalue weighted by Gasteiger charge is -2.22. The molecule has 0 aliphatic carbocycles. The average molecular weight is 548 g/mol.